The molecule has 0 bridgehead atoms. The van der Waals surface area contributed by atoms with Crippen LogP contribution < -0.4 is 16.0 Å². The van der Waals surface area contributed by atoms with E-state index in [1.165, 1.54) is 6.33 Å². The highest BCUT2D eigenvalue weighted by Crippen LogP contribution is 2.33. The van der Waals surface area contributed by atoms with Gasteiger partial charge in [0.25, 0.3) is 0 Å². The number of morpholine rings is 1. The first-order valence-electron chi connectivity index (χ1n) is 14.6. The van der Waals surface area contributed by atoms with Gasteiger partial charge in [-0.15, -0.1) is 0 Å². The second kappa shape index (κ2) is 13.8. The molecule has 3 aromatic carbocycles. The van der Waals surface area contributed by atoms with Crippen molar-refractivity contribution in [2.45, 2.75) is 13.5 Å². The Hall–Kier alpha value is -4.66. The van der Waals surface area contributed by atoms with Gasteiger partial charge < -0.3 is 20.7 Å². The minimum absolute atomic E-state index is 0.141. The Balaban J connectivity index is 1.26. The fourth-order valence-electron chi connectivity index (χ4n) is 5.25. The molecule has 0 unspecified atom stereocenters. The first kappa shape index (κ1) is 31.3. The third kappa shape index (κ3) is 6.64. The van der Waals surface area contributed by atoms with Crippen molar-refractivity contribution in [1.29, 1.82) is 0 Å². The standard InChI is InChI=1S/C32H30F4N8OS/c1-19-24(33)25(34)26(35)27(36)28(19)41-32(46)40-22-9-7-21(8-10-22)29-23-30(37-11-12-43-13-15-45-16-14-43)38-18-39-31(23)44(42-29)17-20-5-3-2-4-6-20/h2-10,18H,11-17H2,1H3,(H,37,38,39)(H2,40,41,46). The Kier molecular flexibility index (Phi) is 9.38. The zero-order valence-electron chi connectivity index (χ0n) is 24.8. The average molecular weight is 651 g/mol. The Morgan fingerprint density at radius 3 is 2.35 bits per heavy atom. The van der Waals surface area contributed by atoms with Crippen LogP contribution in [0.1, 0.15) is 11.1 Å². The van der Waals surface area contributed by atoms with Crippen LogP contribution >= 0.6 is 12.2 Å². The summed E-state index contributed by atoms with van der Waals surface area (Å²) < 4.78 is 63.1. The normalized spacial score (nSPS) is 13.6. The van der Waals surface area contributed by atoms with Crippen molar-refractivity contribution in [3.63, 3.8) is 0 Å². The lowest BCUT2D eigenvalue weighted by molar-refractivity contribution is 0.0398. The predicted molar refractivity (Wildman–Crippen MR) is 173 cm³/mol. The number of benzene rings is 3. The van der Waals surface area contributed by atoms with E-state index < -0.39 is 34.5 Å². The molecule has 238 valence electrons. The summed E-state index contributed by atoms with van der Waals surface area (Å²) in [4.78, 5) is 11.5. The Morgan fingerprint density at radius 1 is 0.891 bits per heavy atom. The highest BCUT2D eigenvalue weighted by Gasteiger charge is 2.24. The van der Waals surface area contributed by atoms with E-state index in [-0.39, 0.29) is 5.11 Å². The van der Waals surface area contributed by atoms with Crippen LogP contribution in [0.3, 0.4) is 0 Å². The van der Waals surface area contributed by atoms with E-state index >= 15 is 0 Å². The number of thiocarbonyl (C=S) groups is 1. The summed E-state index contributed by atoms with van der Waals surface area (Å²) in [7, 11) is 0. The van der Waals surface area contributed by atoms with E-state index in [4.69, 9.17) is 22.1 Å². The van der Waals surface area contributed by atoms with Gasteiger partial charge in [0.2, 0.25) is 0 Å². The number of rotatable bonds is 9. The quantitative estimate of drug-likeness (QED) is 0.0774. The molecule has 0 atom stereocenters. The fraction of sp³-hybridized carbons (Fsp3) is 0.250. The molecule has 1 fully saturated rings. The molecule has 0 aliphatic carbocycles. The first-order chi connectivity index (χ1) is 22.3. The maximum atomic E-state index is 14.4. The van der Waals surface area contributed by atoms with Gasteiger partial charge in [-0.3, -0.25) is 4.90 Å². The molecule has 5 aromatic rings. The van der Waals surface area contributed by atoms with Crippen molar-refractivity contribution < 1.29 is 22.3 Å². The van der Waals surface area contributed by atoms with Gasteiger partial charge >= 0.3 is 0 Å². The van der Waals surface area contributed by atoms with E-state index in [0.717, 1.165) is 56.3 Å². The minimum atomic E-state index is -1.92. The van der Waals surface area contributed by atoms with Crippen molar-refractivity contribution in [2.75, 3.05) is 55.3 Å². The van der Waals surface area contributed by atoms with Gasteiger partial charge in [-0.2, -0.15) is 5.10 Å². The largest absolute Gasteiger partial charge is 0.379 e. The van der Waals surface area contributed by atoms with E-state index in [0.29, 0.717) is 35.9 Å². The van der Waals surface area contributed by atoms with Crippen molar-refractivity contribution in [1.82, 2.24) is 24.6 Å². The van der Waals surface area contributed by atoms with Crippen molar-refractivity contribution >= 4 is 45.6 Å². The van der Waals surface area contributed by atoms with Crippen molar-refractivity contribution in [2.24, 2.45) is 0 Å². The van der Waals surface area contributed by atoms with Crippen LogP contribution in [0.4, 0.5) is 34.8 Å². The molecule has 46 heavy (non-hydrogen) atoms. The van der Waals surface area contributed by atoms with Crippen molar-refractivity contribution in [3.8, 4) is 11.3 Å². The summed E-state index contributed by atoms with van der Waals surface area (Å²) in [5.74, 6) is -6.20. The molecule has 3 N–H and O–H groups in total. The van der Waals surface area contributed by atoms with Gasteiger partial charge in [0.15, 0.2) is 34.0 Å². The van der Waals surface area contributed by atoms with Crippen LogP contribution in [-0.2, 0) is 11.3 Å². The number of nitrogens with one attached hydrogen (secondary N) is 3. The lowest BCUT2D eigenvalue weighted by Gasteiger charge is -2.26. The number of fused-ring (bicyclic) bond motifs is 1. The molecule has 1 saturated heterocycles. The number of halogens is 4. The maximum absolute atomic E-state index is 14.4. The summed E-state index contributed by atoms with van der Waals surface area (Å²) in [5, 5.41) is 14.3. The monoisotopic (exact) mass is 650 g/mol. The highest BCUT2D eigenvalue weighted by molar-refractivity contribution is 7.80. The second-order valence-corrected chi connectivity index (χ2v) is 11.1. The minimum Gasteiger partial charge on any atom is -0.379 e. The summed E-state index contributed by atoms with van der Waals surface area (Å²) in [6.45, 7) is 6.33. The molecule has 6 rings (SSSR count). The number of aromatic nitrogens is 4. The molecular weight excluding hydrogens is 620 g/mol. The lowest BCUT2D eigenvalue weighted by Crippen LogP contribution is -2.39. The van der Waals surface area contributed by atoms with Crippen LogP contribution in [0.25, 0.3) is 22.3 Å². The Bertz CT molecular complexity index is 1840. The molecule has 0 saturated carbocycles. The number of hydrogen-bond acceptors (Lipinski definition) is 7. The number of anilines is 3. The molecule has 1 aliphatic rings. The molecular formula is C32H30F4N8OS. The maximum Gasteiger partial charge on any atom is 0.199 e. The van der Waals surface area contributed by atoms with Crippen LogP contribution in [0.15, 0.2) is 60.9 Å². The summed E-state index contributed by atoms with van der Waals surface area (Å²) >= 11 is 5.24. The van der Waals surface area contributed by atoms with Gasteiger partial charge in [-0.25, -0.2) is 32.2 Å². The topological polar surface area (TPSA) is 92.2 Å². The third-order valence-electron chi connectivity index (χ3n) is 7.69. The average Bonchev–Trinajstić information content (AvgIpc) is 3.45. The number of nitrogens with zero attached hydrogens (tertiary/aromatic N) is 5. The highest BCUT2D eigenvalue weighted by atomic mass is 32.1. The SMILES string of the molecule is Cc1c(F)c(F)c(F)c(F)c1NC(=S)Nc1ccc(-c2nn(Cc3ccccc3)c3ncnc(NCCN4CCOCC4)c23)cc1. The predicted octanol–water partition coefficient (Wildman–Crippen LogP) is 5.96. The molecule has 2 aromatic heterocycles. The zero-order chi connectivity index (χ0) is 32.2. The molecule has 14 heteroatoms. The van der Waals surface area contributed by atoms with Gasteiger partial charge in [0, 0.05) is 43.0 Å². The Labute approximate surface area is 267 Å². The zero-order valence-corrected chi connectivity index (χ0v) is 25.6. The summed E-state index contributed by atoms with van der Waals surface area (Å²) in [5.41, 5.74) is 2.66. The molecule has 3 heterocycles. The molecule has 0 radical (unpaired) electrons. The van der Waals surface area contributed by atoms with Crippen LogP contribution in [0.2, 0.25) is 0 Å². The third-order valence-corrected chi connectivity index (χ3v) is 7.89. The summed E-state index contributed by atoms with van der Waals surface area (Å²) in [6.07, 6.45) is 1.52. The van der Waals surface area contributed by atoms with Crippen molar-refractivity contribution in [3.05, 3.63) is 95.3 Å². The van der Waals surface area contributed by atoms with Crippen LogP contribution in [-0.4, -0.2) is 69.2 Å². The summed E-state index contributed by atoms with van der Waals surface area (Å²) in [6, 6.07) is 17.1. The van der Waals surface area contributed by atoms with Crippen LogP contribution in [0, 0.1) is 30.2 Å². The number of hydrogen-bond donors (Lipinski definition) is 3. The van der Waals surface area contributed by atoms with E-state index in [1.54, 1.807) is 12.1 Å². The number of ether oxygens (including phenoxy) is 1. The second-order valence-electron chi connectivity index (χ2n) is 10.7. The molecule has 0 spiro atoms. The van der Waals surface area contributed by atoms with E-state index in [1.807, 2.05) is 47.1 Å². The Morgan fingerprint density at radius 2 is 1.61 bits per heavy atom. The molecule has 1 aliphatic heterocycles. The van der Waals surface area contributed by atoms with E-state index in [2.05, 4.69) is 30.8 Å². The van der Waals surface area contributed by atoms with Gasteiger partial charge in [0.05, 0.1) is 30.8 Å². The molecule has 9 nitrogen and oxygen atoms in total. The van der Waals surface area contributed by atoms with Crippen LogP contribution in [0.5, 0.6) is 0 Å². The lowest BCUT2D eigenvalue weighted by atomic mass is 10.1. The first-order valence-corrected chi connectivity index (χ1v) is 15.0. The molecule has 0 amide bonds. The fourth-order valence-corrected chi connectivity index (χ4v) is 5.47. The van der Waals surface area contributed by atoms with Gasteiger partial charge in [0.1, 0.15) is 17.8 Å². The smallest absolute Gasteiger partial charge is 0.199 e. The van der Waals surface area contributed by atoms with Gasteiger partial charge in [-0.05, 0) is 36.8 Å². The van der Waals surface area contributed by atoms with E-state index in [9.17, 15) is 17.6 Å². The van der Waals surface area contributed by atoms with Gasteiger partial charge in [-0.1, -0.05) is 42.5 Å².